The molecule has 3 aromatic carbocycles. The van der Waals surface area contributed by atoms with E-state index in [1.54, 1.807) is 18.4 Å². The molecule has 0 saturated carbocycles. The SMILES string of the molecule is COc1ccc(CC(=O)Nc2ccc(-c3nc4ccccc4s3)cc2)cc1C. The molecule has 0 bridgehead atoms. The summed E-state index contributed by atoms with van der Waals surface area (Å²) in [7, 11) is 1.65. The summed E-state index contributed by atoms with van der Waals surface area (Å²) in [6.45, 7) is 1.97. The van der Waals surface area contributed by atoms with E-state index in [1.165, 1.54) is 4.70 Å². The molecule has 4 nitrogen and oxygen atoms in total. The Morgan fingerprint density at radius 2 is 1.86 bits per heavy atom. The first-order valence-corrected chi connectivity index (χ1v) is 9.83. The van der Waals surface area contributed by atoms with E-state index in [-0.39, 0.29) is 5.91 Å². The van der Waals surface area contributed by atoms with E-state index in [1.807, 2.05) is 67.6 Å². The number of fused-ring (bicyclic) bond motifs is 1. The first-order chi connectivity index (χ1) is 13.6. The Labute approximate surface area is 167 Å². The maximum absolute atomic E-state index is 12.4. The van der Waals surface area contributed by atoms with Gasteiger partial charge in [0, 0.05) is 11.3 Å². The molecule has 0 saturated heterocycles. The number of nitrogens with one attached hydrogen (secondary N) is 1. The predicted octanol–water partition coefficient (Wildman–Crippen LogP) is 5.46. The van der Waals surface area contributed by atoms with Crippen LogP contribution in [0.4, 0.5) is 5.69 Å². The fraction of sp³-hybridized carbons (Fsp3) is 0.130. The fourth-order valence-corrected chi connectivity index (χ4v) is 4.10. The number of aryl methyl sites for hydroxylation is 1. The van der Waals surface area contributed by atoms with E-state index >= 15 is 0 Å². The summed E-state index contributed by atoms with van der Waals surface area (Å²) in [6.07, 6.45) is 0.324. The van der Waals surface area contributed by atoms with Crippen molar-refractivity contribution < 1.29 is 9.53 Å². The molecule has 4 rings (SSSR count). The van der Waals surface area contributed by atoms with E-state index in [0.717, 1.165) is 38.7 Å². The van der Waals surface area contributed by atoms with Gasteiger partial charge in [-0.3, -0.25) is 4.79 Å². The zero-order valence-electron chi connectivity index (χ0n) is 15.7. The van der Waals surface area contributed by atoms with Gasteiger partial charge in [-0.15, -0.1) is 11.3 Å². The maximum Gasteiger partial charge on any atom is 0.228 e. The number of anilines is 1. The maximum atomic E-state index is 12.4. The van der Waals surface area contributed by atoms with Crippen LogP contribution in [0, 0.1) is 6.92 Å². The second kappa shape index (κ2) is 7.82. The minimum absolute atomic E-state index is 0.0442. The van der Waals surface area contributed by atoms with Crippen molar-refractivity contribution in [3.05, 3.63) is 77.9 Å². The number of carbonyl (C=O) groups is 1. The lowest BCUT2D eigenvalue weighted by molar-refractivity contribution is -0.115. The molecular formula is C23H20N2O2S. The van der Waals surface area contributed by atoms with Crippen LogP contribution in [0.1, 0.15) is 11.1 Å². The van der Waals surface area contributed by atoms with Crippen LogP contribution in [0.3, 0.4) is 0 Å². The summed E-state index contributed by atoms with van der Waals surface area (Å²) in [5, 5.41) is 3.94. The van der Waals surface area contributed by atoms with Crippen LogP contribution in [0.15, 0.2) is 66.7 Å². The number of benzene rings is 3. The molecule has 1 N–H and O–H groups in total. The van der Waals surface area contributed by atoms with Crippen LogP contribution in [-0.4, -0.2) is 18.0 Å². The lowest BCUT2D eigenvalue weighted by atomic mass is 10.1. The van der Waals surface area contributed by atoms with Crippen LogP contribution in [0.5, 0.6) is 5.75 Å². The number of thiazole rings is 1. The summed E-state index contributed by atoms with van der Waals surface area (Å²) < 4.78 is 6.43. The first kappa shape index (κ1) is 18.2. The van der Waals surface area contributed by atoms with Crippen molar-refractivity contribution in [1.29, 1.82) is 0 Å². The Hall–Kier alpha value is -3.18. The van der Waals surface area contributed by atoms with Gasteiger partial charge >= 0.3 is 0 Å². The average Bonchev–Trinajstić information content (AvgIpc) is 3.13. The Morgan fingerprint density at radius 3 is 2.57 bits per heavy atom. The van der Waals surface area contributed by atoms with E-state index in [9.17, 15) is 4.79 Å². The number of ether oxygens (including phenoxy) is 1. The molecule has 28 heavy (non-hydrogen) atoms. The Kier molecular flexibility index (Phi) is 5.08. The first-order valence-electron chi connectivity index (χ1n) is 9.02. The number of methoxy groups -OCH3 is 1. The lowest BCUT2D eigenvalue weighted by Gasteiger charge is -2.08. The normalized spacial score (nSPS) is 10.8. The molecule has 4 aromatic rings. The largest absolute Gasteiger partial charge is 0.496 e. The summed E-state index contributed by atoms with van der Waals surface area (Å²) in [6, 6.07) is 21.7. The van der Waals surface area contributed by atoms with Gasteiger partial charge in [0.05, 0.1) is 23.7 Å². The van der Waals surface area contributed by atoms with E-state index in [4.69, 9.17) is 4.74 Å². The van der Waals surface area contributed by atoms with Crippen LogP contribution in [0.2, 0.25) is 0 Å². The third-order valence-electron chi connectivity index (χ3n) is 4.53. The van der Waals surface area contributed by atoms with Gasteiger partial charge in [-0.1, -0.05) is 24.3 Å². The molecule has 140 valence electrons. The summed E-state index contributed by atoms with van der Waals surface area (Å²) in [5.41, 5.74) is 4.81. The van der Waals surface area contributed by atoms with Gasteiger partial charge in [0.1, 0.15) is 10.8 Å². The molecule has 1 amide bonds. The highest BCUT2D eigenvalue weighted by atomic mass is 32.1. The molecule has 0 radical (unpaired) electrons. The van der Waals surface area contributed by atoms with Crippen LogP contribution in [-0.2, 0) is 11.2 Å². The highest BCUT2D eigenvalue weighted by molar-refractivity contribution is 7.21. The number of hydrogen-bond donors (Lipinski definition) is 1. The zero-order chi connectivity index (χ0) is 19.5. The van der Waals surface area contributed by atoms with Gasteiger partial charge in [-0.2, -0.15) is 0 Å². The third-order valence-corrected chi connectivity index (χ3v) is 5.62. The number of rotatable bonds is 5. The van der Waals surface area contributed by atoms with Crippen molar-refractivity contribution in [2.75, 3.05) is 12.4 Å². The van der Waals surface area contributed by atoms with Gasteiger partial charge in [-0.05, 0) is 60.5 Å². The van der Waals surface area contributed by atoms with Crippen LogP contribution >= 0.6 is 11.3 Å². The monoisotopic (exact) mass is 388 g/mol. The summed E-state index contributed by atoms with van der Waals surface area (Å²) >= 11 is 1.67. The minimum Gasteiger partial charge on any atom is -0.496 e. The molecular weight excluding hydrogens is 368 g/mol. The van der Waals surface area contributed by atoms with E-state index < -0.39 is 0 Å². The smallest absolute Gasteiger partial charge is 0.228 e. The van der Waals surface area contributed by atoms with Crippen molar-refractivity contribution in [3.63, 3.8) is 0 Å². The molecule has 0 aliphatic heterocycles. The number of aromatic nitrogens is 1. The fourth-order valence-electron chi connectivity index (χ4n) is 3.13. The number of carbonyl (C=O) groups excluding carboxylic acids is 1. The van der Waals surface area contributed by atoms with Crippen molar-refractivity contribution in [1.82, 2.24) is 4.98 Å². The lowest BCUT2D eigenvalue weighted by Crippen LogP contribution is -2.14. The van der Waals surface area contributed by atoms with Crippen molar-refractivity contribution in [2.24, 2.45) is 0 Å². The number of nitrogens with zero attached hydrogens (tertiary/aromatic N) is 1. The zero-order valence-corrected chi connectivity index (χ0v) is 16.5. The van der Waals surface area contributed by atoms with Crippen molar-refractivity contribution in [2.45, 2.75) is 13.3 Å². The molecule has 0 fully saturated rings. The number of para-hydroxylation sites is 1. The highest BCUT2D eigenvalue weighted by Gasteiger charge is 2.08. The average molecular weight is 388 g/mol. The third kappa shape index (κ3) is 3.89. The molecule has 5 heteroatoms. The second-order valence-corrected chi connectivity index (χ2v) is 7.62. The topological polar surface area (TPSA) is 51.2 Å². The Balaban J connectivity index is 1.44. The summed E-state index contributed by atoms with van der Waals surface area (Å²) in [4.78, 5) is 17.0. The van der Waals surface area contributed by atoms with Gasteiger partial charge in [0.2, 0.25) is 5.91 Å². The van der Waals surface area contributed by atoms with Crippen molar-refractivity contribution in [3.8, 4) is 16.3 Å². The van der Waals surface area contributed by atoms with Gasteiger partial charge in [0.25, 0.3) is 0 Å². The quantitative estimate of drug-likeness (QED) is 0.494. The summed E-state index contributed by atoms with van der Waals surface area (Å²) in [5.74, 6) is 0.784. The standard InChI is InChI=1S/C23H20N2O2S/c1-15-13-16(7-12-20(15)27-2)14-22(26)24-18-10-8-17(9-11-18)23-25-19-5-3-4-6-21(19)28-23/h3-13H,14H2,1-2H3,(H,24,26). The van der Waals surface area contributed by atoms with Crippen molar-refractivity contribution >= 4 is 33.1 Å². The molecule has 0 aliphatic rings. The molecule has 0 unspecified atom stereocenters. The van der Waals surface area contributed by atoms with Crippen LogP contribution < -0.4 is 10.1 Å². The highest BCUT2D eigenvalue weighted by Crippen LogP contribution is 2.30. The molecule has 1 heterocycles. The Morgan fingerprint density at radius 1 is 1.07 bits per heavy atom. The van der Waals surface area contributed by atoms with E-state index in [0.29, 0.717) is 6.42 Å². The van der Waals surface area contributed by atoms with Gasteiger partial charge in [0.15, 0.2) is 0 Å². The predicted molar refractivity (Wildman–Crippen MR) is 115 cm³/mol. The number of hydrogen-bond acceptors (Lipinski definition) is 4. The van der Waals surface area contributed by atoms with Gasteiger partial charge < -0.3 is 10.1 Å². The molecule has 1 aromatic heterocycles. The second-order valence-electron chi connectivity index (χ2n) is 6.59. The molecule has 0 atom stereocenters. The van der Waals surface area contributed by atoms with Crippen LogP contribution in [0.25, 0.3) is 20.8 Å². The van der Waals surface area contributed by atoms with E-state index in [2.05, 4.69) is 16.4 Å². The Bertz CT molecular complexity index is 1100. The molecule has 0 aliphatic carbocycles. The minimum atomic E-state index is -0.0442. The van der Waals surface area contributed by atoms with Gasteiger partial charge in [-0.25, -0.2) is 4.98 Å². The number of amides is 1. The molecule has 0 spiro atoms.